The summed E-state index contributed by atoms with van der Waals surface area (Å²) < 4.78 is 23.9. The normalized spacial score (nSPS) is 29.4. The molecule has 0 saturated carbocycles. The molecule has 2 heterocycles. The average molecular weight is 578 g/mol. The number of carbonyl (C=O) groups is 2. The van der Waals surface area contributed by atoms with Crippen LogP contribution in [0.5, 0.6) is 0 Å². The van der Waals surface area contributed by atoms with E-state index in [1.807, 2.05) is 6.08 Å². The molecule has 4 N–H and O–H groups in total. The first kappa shape index (κ1) is 33.1. The van der Waals surface area contributed by atoms with Crippen molar-refractivity contribution in [2.45, 2.75) is 113 Å². The number of hydrogen-bond donors (Lipinski definition) is 4. The van der Waals surface area contributed by atoms with Crippen LogP contribution in [0.2, 0.25) is 0 Å². The molecule has 2 aliphatic rings. The number of azide groups is 1. The largest absolute Gasteiger partial charge is 0.444 e. The van der Waals surface area contributed by atoms with Crippen molar-refractivity contribution in [1.29, 1.82) is 0 Å². The van der Waals surface area contributed by atoms with Crippen LogP contribution in [-0.2, 0) is 14.3 Å². The summed E-state index contributed by atoms with van der Waals surface area (Å²) in [6.07, 6.45) is -3.59. The van der Waals surface area contributed by atoms with Crippen LogP contribution < -0.4 is 5.32 Å². The molecular weight excluding hydrogens is 537 g/mol. The zero-order valence-corrected chi connectivity index (χ0v) is 23.6. The molecule has 0 radical (unpaired) electrons. The van der Waals surface area contributed by atoms with Crippen molar-refractivity contribution < 1.29 is 38.8 Å². The summed E-state index contributed by atoms with van der Waals surface area (Å²) in [4.78, 5) is 30.7. The number of aliphatic hydroxyl groups is 3. The zero-order chi connectivity index (χ0) is 29.3. The van der Waals surface area contributed by atoms with E-state index in [0.29, 0.717) is 25.7 Å². The number of amides is 2. The predicted molar refractivity (Wildman–Crippen MR) is 142 cm³/mol. The van der Waals surface area contributed by atoms with Gasteiger partial charge in [-0.25, -0.2) is 4.79 Å². The van der Waals surface area contributed by atoms with E-state index in [0.717, 1.165) is 5.57 Å². The van der Waals surface area contributed by atoms with Crippen molar-refractivity contribution in [3.8, 4) is 0 Å². The molecule has 2 aliphatic heterocycles. The van der Waals surface area contributed by atoms with E-state index in [2.05, 4.69) is 15.3 Å². The Morgan fingerprint density at radius 3 is 2.59 bits per heavy atom. The number of rotatable bonds is 10. The molecule has 1 saturated heterocycles. The maximum absolute atomic E-state index is 13.6. The van der Waals surface area contributed by atoms with E-state index >= 15 is 0 Å². The van der Waals surface area contributed by atoms with Gasteiger partial charge in [-0.05, 0) is 65.3 Å². The van der Waals surface area contributed by atoms with Crippen molar-refractivity contribution in [3.05, 3.63) is 22.1 Å². The highest BCUT2D eigenvalue weighted by atomic mass is 35.5. The molecule has 2 rings (SSSR count). The van der Waals surface area contributed by atoms with Crippen molar-refractivity contribution in [1.82, 2.24) is 10.2 Å². The van der Waals surface area contributed by atoms with Gasteiger partial charge in [0.15, 0.2) is 0 Å². The van der Waals surface area contributed by atoms with E-state index in [-0.39, 0.29) is 19.5 Å². The lowest BCUT2D eigenvalue weighted by Crippen LogP contribution is -2.66. The van der Waals surface area contributed by atoms with Gasteiger partial charge < -0.3 is 30.1 Å². The van der Waals surface area contributed by atoms with Gasteiger partial charge in [0.25, 0.3) is 0 Å². The van der Waals surface area contributed by atoms with Crippen LogP contribution >= 0.6 is 11.6 Å². The molecule has 8 atom stereocenters. The Kier molecular flexibility index (Phi) is 12.7. The second kappa shape index (κ2) is 15.0. The maximum atomic E-state index is 13.6. The maximum Gasteiger partial charge on any atom is 0.410 e. The number of aliphatic hydroxyl groups excluding tert-OH is 3. The highest BCUT2D eigenvalue weighted by molar-refractivity contribution is 6.21. The van der Waals surface area contributed by atoms with Crippen LogP contribution in [0.15, 0.2) is 16.8 Å². The van der Waals surface area contributed by atoms with Gasteiger partial charge in [0.2, 0.25) is 5.91 Å². The molecule has 2 amide bonds. The van der Waals surface area contributed by atoms with Gasteiger partial charge in [-0.15, -0.1) is 11.6 Å². The molecule has 0 bridgehead atoms. The minimum Gasteiger partial charge on any atom is -0.444 e. The van der Waals surface area contributed by atoms with Crippen LogP contribution in [-0.4, -0.2) is 106 Å². The molecule has 1 fully saturated rings. The first-order chi connectivity index (χ1) is 18.3. The summed E-state index contributed by atoms with van der Waals surface area (Å²) in [5.74, 6) is -0.581. The lowest BCUT2D eigenvalue weighted by molar-refractivity contribution is -0.225. The third-order valence-electron chi connectivity index (χ3n) is 6.72. The third-order valence-corrected chi connectivity index (χ3v) is 7.00. The zero-order valence-electron chi connectivity index (χ0n) is 22.9. The Morgan fingerprint density at radius 1 is 1.31 bits per heavy atom. The SMILES string of the molecule is C[C@H](Cl)[C@@H](NC(=O)[C@@H]1CC=C(CCCCF)CCN1C(=O)OC(C)(C)C)[C@H]1OC(CN=[N+]=[N-])[C@H](O)C(O)[C@@H]1O. The monoisotopic (exact) mass is 577 g/mol. The molecular formula is C25H41ClFN5O7. The van der Waals surface area contributed by atoms with Crippen LogP contribution in [0.25, 0.3) is 10.4 Å². The van der Waals surface area contributed by atoms with Gasteiger partial charge in [-0.1, -0.05) is 16.8 Å². The molecule has 222 valence electrons. The topological polar surface area (TPSA) is 177 Å². The minimum absolute atomic E-state index is 0.175. The Hall–Kier alpha value is -2.15. The third kappa shape index (κ3) is 9.47. The summed E-state index contributed by atoms with van der Waals surface area (Å²) in [7, 11) is 0. The molecule has 0 aromatic heterocycles. The summed E-state index contributed by atoms with van der Waals surface area (Å²) in [6, 6.07) is -2.03. The number of nitrogens with zero attached hydrogens (tertiary/aromatic N) is 4. The lowest BCUT2D eigenvalue weighted by Gasteiger charge is -2.44. The van der Waals surface area contributed by atoms with E-state index in [4.69, 9.17) is 26.6 Å². The van der Waals surface area contributed by atoms with Crippen LogP contribution in [0, 0.1) is 0 Å². The van der Waals surface area contributed by atoms with Crippen molar-refractivity contribution in [2.24, 2.45) is 5.11 Å². The van der Waals surface area contributed by atoms with Crippen LogP contribution in [0.4, 0.5) is 9.18 Å². The van der Waals surface area contributed by atoms with Gasteiger partial charge in [-0.3, -0.25) is 14.1 Å². The number of halogens is 2. The molecule has 2 unspecified atom stereocenters. The first-order valence-corrected chi connectivity index (χ1v) is 13.6. The number of ether oxygens (including phenoxy) is 2. The van der Waals surface area contributed by atoms with Crippen LogP contribution in [0.1, 0.15) is 59.8 Å². The summed E-state index contributed by atoms with van der Waals surface area (Å²) in [6.45, 7) is 6.19. The Balaban J connectivity index is 2.30. The highest BCUT2D eigenvalue weighted by Crippen LogP contribution is 2.28. The molecule has 39 heavy (non-hydrogen) atoms. The smallest absolute Gasteiger partial charge is 0.410 e. The molecule has 0 aromatic rings. The molecule has 12 nitrogen and oxygen atoms in total. The number of alkyl halides is 2. The van der Waals surface area contributed by atoms with Crippen molar-refractivity contribution >= 4 is 23.6 Å². The number of nitrogens with one attached hydrogen (secondary N) is 1. The Labute approximate surface area is 233 Å². The number of unbranched alkanes of at least 4 members (excludes halogenated alkanes) is 1. The molecule has 0 spiro atoms. The summed E-state index contributed by atoms with van der Waals surface area (Å²) >= 11 is 6.39. The van der Waals surface area contributed by atoms with Gasteiger partial charge in [0.05, 0.1) is 30.7 Å². The van der Waals surface area contributed by atoms with Gasteiger partial charge in [0, 0.05) is 11.5 Å². The van der Waals surface area contributed by atoms with E-state index < -0.39 is 72.3 Å². The van der Waals surface area contributed by atoms with Gasteiger partial charge >= 0.3 is 6.09 Å². The lowest BCUT2D eigenvalue weighted by atomic mass is 9.89. The number of hydrogen-bond acceptors (Lipinski definition) is 8. The Bertz CT molecular complexity index is 912. The standard InChI is InChI=1S/C25H41ClFN5O7/c1-14(26)18(22-21(35)20(34)19(33)17(38-22)13-29-31-28)30-23(36)16-9-8-15(7-5-6-11-27)10-12-32(16)24(37)39-25(2,3)4/h8,14,16-22,33-35H,5-7,9-13H2,1-4H3,(H,30,36)/t14-,16-,17?,18+,19-,20?,21-,22+/m0/s1. The second-order valence-electron chi connectivity index (χ2n) is 10.9. The highest BCUT2D eigenvalue weighted by Gasteiger charge is 2.48. The second-order valence-corrected chi connectivity index (χ2v) is 11.6. The molecule has 14 heteroatoms. The molecule has 0 aromatic carbocycles. The Morgan fingerprint density at radius 2 is 2.00 bits per heavy atom. The van der Waals surface area contributed by atoms with Crippen LogP contribution in [0.3, 0.4) is 0 Å². The van der Waals surface area contributed by atoms with Crippen molar-refractivity contribution in [2.75, 3.05) is 19.8 Å². The number of carbonyl (C=O) groups excluding carboxylic acids is 2. The fraction of sp³-hybridized carbons (Fsp3) is 0.840. The van der Waals surface area contributed by atoms with Gasteiger partial charge in [-0.2, -0.15) is 0 Å². The van der Waals surface area contributed by atoms with Crippen molar-refractivity contribution in [3.63, 3.8) is 0 Å². The van der Waals surface area contributed by atoms with E-state index in [1.165, 1.54) is 4.90 Å². The first-order valence-electron chi connectivity index (χ1n) is 13.2. The summed E-state index contributed by atoms with van der Waals surface area (Å²) in [5.41, 5.74) is 8.85. The predicted octanol–water partition coefficient (Wildman–Crippen LogP) is 2.72. The minimum atomic E-state index is -1.65. The fourth-order valence-electron chi connectivity index (χ4n) is 4.65. The van der Waals surface area contributed by atoms with E-state index in [9.17, 15) is 29.3 Å². The summed E-state index contributed by atoms with van der Waals surface area (Å²) in [5, 5.41) is 36.7. The quantitative estimate of drug-likeness (QED) is 0.0769. The average Bonchev–Trinajstić information content (AvgIpc) is 3.07. The van der Waals surface area contributed by atoms with Gasteiger partial charge in [0.1, 0.15) is 36.1 Å². The van der Waals surface area contributed by atoms with E-state index in [1.54, 1.807) is 27.7 Å². The molecule has 0 aliphatic carbocycles. The fourth-order valence-corrected chi connectivity index (χ4v) is 4.86.